The van der Waals surface area contributed by atoms with Gasteiger partial charge in [-0.05, 0) is 44.2 Å². The minimum atomic E-state index is -0.187. The molecule has 0 fully saturated rings. The summed E-state index contributed by atoms with van der Waals surface area (Å²) in [5.74, 6) is -0.187. The van der Waals surface area contributed by atoms with Crippen LogP contribution in [0.15, 0.2) is 30.9 Å². The van der Waals surface area contributed by atoms with E-state index in [-0.39, 0.29) is 11.9 Å². The van der Waals surface area contributed by atoms with Crippen LogP contribution in [0.1, 0.15) is 32.4 Å². The molecular weight excluding hydrogens is 227 g/mol. The van der Waals surface area contributed by atoms with Crippen LogP contribution in [-0.4, -0.2) is 19.6 Å². The van der Waals surface area contributed by atoms with E-state index in [1.807, 2.05) is 12.1 Å². The Morgan fingerprint density at radius 3 is 2.72 bits per heavy atom. The molecule has 0 spiro atoms. The largest absolute Gasteiger partial charge is 0.368 e. The first kappa shape index (κ1) is 14.7. The van der Waals surface area contributed by atoms with Crippen molar-refractivity contribution in [1.82, 2.24) is 5.32 Å². The van der Waals surface area contributed by atoms with E-state index in [4.69, 9.17) is 0 Å². The molecule has 0 saturated carbocycles. The second-order valence-electron chi connectivity index (χ2n) is 4.31. The molecule has 1 aromatic rings. The maximum Gasteiger partial charge on any atom is 0.123 e. The second-order valence-corrected chi connectivity index (χ2v) is 4.31. The highest BCUT2D eigenvalue weighted by Gasteiger charge is 2.14. The quantitative estimate of drug-likeness (QED) is 0.745. The number of hydrogen-bond acceptors (Lipinski definition) is 2. The lowest BCUT2D eigenvalue weighted by atomic mass is 10.0. The van der Waals surface area contributed by atoms with E-state index in [0.29, 0.717) is 0 Å². The van der Waals surface area contributed by atoms with Gasteiger partial charge in [-0.25, -0.2) is 4.39 Å². The Balaban J connectivity index is 3.12. The molecule has 3 heteroatoms. The Kier molecular flexibility index (Phi) is 5.86. The molecule has 18 heavy (non-hydrogen) atoms. The van der Waals surface area contributed by atoms with Gasteiger partial charge in [-0.15, -0.1) is 6.58 Å². The zero-order chi connectivity index (χ0) is 13.5. The summed E-state index contributed by atoms with van der Waals surface area (Å²) in [6.45, 7) is 12.5. The zero-order valence-corrected chi connectivity index (χ0v) is 11.5. The number of anilines is 1. The molecule has 1 N–H and O–H groups in total. The molecule has 0 bridgehead atoms. The Hall–Kier alpha value is -1.35. The van der Waals surface area contributed by atoms with Gasteiger partial charge in [0.25, 0.3) is 0 Å². The van der Waals surface area contributed by atoms with E-state index >= 15 is 0 Å². The topological polar surface area (TPSA) is 15.3 Å². The third-order valence-corrected chi connectivity index (χ3v) is 3.04. The van der Waals surface area contributed by atoms with Crippen LogP contribution in [0.25, 0.3) is 0 Å². The van der Waals surface area contributed by atoms with Crippen molar-refractivity contribution in [3.05, 3.63) is 42.2 Å². The fourth-order valence-corrected chi connectivity index (χ4v) is 2.13. The predicted octanol–water partition coefficient (Wildman–Crippen LogP) is 3.51. The van der Waals surface area contributed by atoms with Crippen molar-refractivity contribution in [2.24, 2.45) is 0 Å². The van der Waals surface area contributed by atoms with E-state index in [1.54, 1.807) is 6.07 Å². The Labute approximate surface area is 110 Å². The molecule has 0 amide bonds. The summed E-state index contributed by atoms with van der Waals surface area (Å²) < 4.78 is 13.4. The van der Waals surface area contributed by atoms with Crippen LogP contribution in [-0.2, 0) is 0 Å². The van der Waals surface area contributed by atoms with Gasteiger partial charge in [-0.1, -0.05) is 13.0 Å². The molecule has 0 heterocycles. The summed E-state index contributed by atoms with van der Waals surface area (Å²) >= 11 is 0. The molecule has 0 aliphatic rings. The van der Waals surface area contributed by atoms with Crippen molar-refractivity contribution < 1.29 is 4.39 Å². The molecule has 1 atom stereocenters. The van der Waals surface area contributed by atoms with Gasteiger partial charge < -0.3 is 10.2 Å². The SMILES string of the molecule is C=CCN(CC)c1ccc(F)cc1C(C)NCC. The zero-order valence-electron chi connectivity index (χ0n) is 11.5. The lowest BCUT2D eigenvalue weighted by Gasteiger charge is -2.27. The van der Waals surface area contributed by atoms with Gasteiger partial charge in [0.2, 0.25) is 0 Å². The van der Waals surface area contributed by atoms with Crippen LogP contribution in [0.5, 0.6) is 0 Å². The fraction of sp³-hybridized carbons (Fsp3) is 0.467. The average molecular weight is 250 g/mol. The maximum absolute atomic E-state index is 13.4. The molecule has 2 nitrogen and oxygen atoms in total. The van der Waals surface area contributed by atoms with Crippen LogP contribution >= 0.6 is 0 Å². The van der Waals surface area contributed by atoms with Crippen LogP contribution in [0.4, 0.5) is 10.1 Å². The number of halogens is 1. The smallest absolute Gasteiger partial charge is 0.123 e. The Morgan fingerprint density at radius 1 is 1.44 bits per heavy atom. The molecule has 1 unspecified atom stereocenters. The highest BCUT2D eigenvalue weighted by Crippen LogP contribution is 2.27. The summed E-state index contributed by atoms with van der Waals surface area (Å²) in [6, 6.07) is 5.13. The van der Waals surface area contributed by atoms with Gasteiger partial charge in [0.05, 0.1) is 0 Å². The lowest BCUT2D eigenvalue weighted by Crippen LogP contribution is -2.26. The van der Waals surface area contributed by atoms with Gasteiger partial charge >= 0.3 is 0 Å². The van der Waals surface area contributed by atoms with Crippen LogP contribution < -0.4 is 10.2 Å². The standard InChI is InChI=1S/C15H23FN2/c1-5-10-18(7-3)15-9-8-13(16)11-14(15)12(4)17-6-2/h5,8-9,11-12,17H,1,6-7,10H2,2-4H3. The fourth-order valence-electron chi connectivity index (χ4n) is 2.13. The van der Waals surface area contributed by atoms with Crippen molar-refractivity contribution in [2.75, 3.05) is 24.5 Å². The van der Waals surface area contributed by atoms with Gasteiger partial charge in [-0.2, -0.15) is 0 Å². The first-order valence-electron chi connectivity index (χ1n) is 6.52. The molecule has 0 saturated heterocycles. The van der Waals surface area contributed by atoms with Crippen molar-refractivity contribution in [1.29, 1.82) is 0 Å². The molecule has 100 valence electrons. The number of nitrogens with one attached hydrogen (secondary N) is 1. The van der Waals surface area contributed by atoms with E-state index < -0.39 is 0 Å². The van der Waals surface area contributed by atoms with Crippen molar-refractivity contribution in [3.8, 4) is 0 Å². The number of nitrogens with zero attached hydrogens (tertiary/aromatic N) is 1. The van der Waals surface area contributed by atoms with Crippen LogP contribution in [0.3, 0.4) is 0 Å². The predicted molar refractivity (Wildman–Crippen MR) is 76.6 cm³/mol. The van der Waals surface area contributed by atoms with E-state index in [0.717, 1.165) is 30.9 Å². The number of benzene rings is 1. The molecule has 0 radical (unpaired) electrons. The normalized spacial score (nSPS) is 12.2. The van der Waals surface area contributed by atoms with Crippen molar-refractivity contribution >= 4 is 5.69 Å². The van der Waals surface area contributed by atoms with Crippen molar-refractivity contribution in [3.63, 3.8) is 0 Å². The van der Waals surface area contributed by atoms with Crippen LogP contribution in [0, 0.1) is 5.82 Å². The van der Waals surface area contributed by atoms with Gasteiger partial charge in [0, 0.05) is 24.8 Å². The second kappa shape index (κ2) is 7.17. The summed E-state index contributed by atoms with van der Waals surface area (Å²) in [5, 5.41) is 3.33. The van der Waals surface area contributed by atoms with E-state index in [9.17, 15) is 4.39 Å². The summed E-state index contributed by atoms with van der Waals surface area (Å²) in [4.78, 5) is 2.19. The Bertz CT molecular complexity index is 390. The molecule has 0 aliphatic heterocycles. The molecule has 0 aliphatic carbocycles. The van der Waals surface area contributed by atoms with E-state index in [1.165, 1.54) is 6.07 Å². The summed E-state index contributed by atoms with van der Waals surface area (Å²) in [5.41, 5.74) is 2.08. The maximum atomic E-state index is 13.4. The molecule has 0 aromatic heterocycles. The molecule has 1 aromatic carbocycles. The Morgan fingerprint density at radius 2 is 2.17 bits per heavy atom. The van der Waals surface area contributed by atoms with E-state index in [2.05, 4.69) is 37.6 Å². The van der Waals surface area contributed by atoms with Gasteiger partial charge in [-0.3, -0.25) is 0 Å². The first-order chi connectivity index (χ1) is 8.63. The first-order valence-corrected chi connectivity index (χ1v) is 6.52. The third-order valence-electron chi connectivity index (χ3n) is 3.04. The number of hydrogen-bond donors (Lipinski definition) is 1. The molecule has 1 rings (SSSR count). The average Bonchev–Trinajstić information content (AvgIpc) is 2.36. The van der Waals surface area contributed by atoms with Crippen LogP contribution in [0.2, 0.25) is 0 Å². The summed E-state index contributed by atoms with van der Waals surface area (Å²) in [6.07, 6.45) is 1.87. The highest BCUT2D eigenvalue weighted by atomic mass is 19.1. The van der Waals surface area contributed by atoms with Crippen molar-refractivity contribution in [2.45, 2.75) is 26.8 Å². The number of rotatable bonds is 7. The highest BCUT2D eigenvalue weighted by molar-refractivity contribution is 5.55. The van der Waals surface area contributed by atoms with Gasteiger partial charge in [0.1, 0.15) is 5.82 Å². The monoisotopic (exact) mass is 250 g/mol. The summed E-state index contributed by atoms with van der Waals surface area (Å²) in [7, 11) is 0. The number of likely N-dealkylation sites (N-methyl/N-ethyl adjacent to an activating group) is 1. The lowest BCUT2D eigenvalue weighted by molar-refractivity contribution is 0.581. The molecular formula is C15H23FN2. The minimum Gasteiger partial charge on any atom is -0.368 e. The third kappa shape index (κ3) is 3.57. The van der Waals surface area contributed by atoms with Gasteiger partial charge in [0.15, 0.2) is 0 Å². The minimum absolute atomic E-state index is 0.138.